The molecule has 0 aromatic heterocycles. The molecule has 0 spiro atoms. The standard InChI is InChI=1S/C20H23N3O2/c1-15-7-5-6-10-17(15)12-21-20(25)22-18-11-19(24)23(14-18)13-16-8-3-2-4-9-16/h2-10,18H,11-14H2,1H3,(H2,21,22,25). The number of nitrogens with zero attached hydrogens (tertiary/aromatic N) is 1. The normalized spacial score (nSPS) is 16.8. The Hall–Kier alpha value is -2.82. The van der Waals surface area contributed by atoms with Crippen molar-refractivity contribution in [1.82, 2.24) is 15.5 Å². The highest BCUT2D eigenvalue weighted by atomic mass is 16.2. The lowest BCUT2D eigenvalue weighted by atomic mass is 10.1. The maximum Gasteiger partial charge on any atom is 0.315 e. The Bertz CT molecular complexity index is 746. The Morgan fingerprint density at radius 3 is 2.60 bits per heavy atom. The third kappa shape index (κ3) is 4.59. The zero-order valence-electron chi connectivity index (χ0n) is 14.4. The van der Waals surface area contributed by atoms with Crippen LogP contribution in [0.1, 0.15) is 23.1 Å². The van der Waals surface area contributed by atoms with Crippen LogP contribution < -0.4 is 10.6 Å². The van der Waals surface area contributed by atoms with Crippen molar-refractivity contribution in [1.29, 1.82) is 0 Å². The molecule has 25 heavy (non-hydrogen) atoms. The lowest BCUT2D eigenvalue weighted by Gasteiger charge is -2.17. The van der Waals surface area contributed by atoms with Crippen LogP contribution in [-0.4, -0.2) is 29.4 Å². The molecular weight excluding hydrogens is 314 g/mol. The summed E-state index contributed by atoms with van der Waals surface area (Å²) >= 11 is 0. The Morgan fingerprint density at radius 1 is 1.12 bits per heavy atom. The smallest absolute Gasteiger partial charge is 0.315 e. The van der Waals surface area contributed by atoms with Gasteiger partial charge < -0.3 is 15.5 Å². The Balaban J connectivity index is 1.48. The topological polar surface area (TPSA) is 61.4 Å². The van der Waals surface area contributed by atoms with Gasteiger partial charge in [0.2, 0.25) is 5.91 Å². The molecule has 2 aromatic rings. The number of amides is 3. The number of nitrogens with one attached hydrogen (secondary N) is 2. The number of rotatable bonds is 5. The first-order chi connectivity index (χ1) is 12.1. The quantitative estimate of drug-likeness (QED) is 0.881. The molecule has 3 amide bonds. The van der Waals surface area contributed by atoms with Gasteiger partial charge in [0.15, 0.2) is 0 Å². The van der Waals surface area contributed by atoms with Gasteiger partial charge in [0.1, 0.15) is 0 Å². The zero-order chi connectivity index (χ0) is 17.6. The molecule has 1 atom stereocenters. The molecule has 1 unspecified atom stereocenters. The fourth-order valence-electron chi connectivity index (χ4n) is 3.05. The van der Waals surface area contributed by atoms with E-state index in [1.54, 1.807) is 4.90 Å². The van der Waals surface area contributed by atoms with Crippen molar-refractivity contribution in [2.45, 2.75) is 32.5 Å². The molecule has 1 fully saturated rings. The van der Waals surface area contributed by atoms with Crippen molar-refractivity contribution in [3.63, 3.8) is 0 Å². The van der Waals surface area contributed by atoms with E-state index in [1.165, 1.54) is 0 Å². The lowest BCUT2D eigenvalue weighted by Crippen LogP contribution is -2.43. The number of hydrogen-bond acceptors (Lipinski definition) is 2. The molecule has 0 saturated carbocycles. The van der Waals surface area contributed by atoms with Gasteiger partial charge in [-0.05, 0) is 23.6 Å². The van der Waals surface area contributed by atoms with Crippen LogP contribution in [0.5, 0.6) is 0 Å². The summed E-state index contributed by atoms with van der Waals surface area (Å²) in [6.45, 7) is 3.63. The average Bonchev–Trinajstić information content (AvgIpc) is 2.94. The highest BCUT2D eigenvalue weighted by Crippen LogP contribution is 2.15. The van der Waals surface area contributed by atoms with Crippen LogP contribution in [0.25, 0.3) is 0 Å². The number of hydrogen-bond donors (Lipinski definition) is 2. The third-order valence-corrected chi connectivity index (χ3v) is 4.47. The number of urea groups is 1. The first kappa shape index (κ1) is 17.0. The molecule has 1 aliphatic heterocycles. The minimum Gasteiger partial charge on any atom is -0.336 e. The molecule has 1 heterocycles. The summed E-state index contributed by atoms with van der Waals surface area (Å²) in [6.07, 6.45) is 0.352. The molecule has 1 aliphatic rings. The minimum atomic E-state index is -0.234. The number of benzene rings is 2. The van der Waals surface area contributed by atoms with Crippen LogP contribution in [-0.2, 0) is 17.9 Å². The van der Waals surface area contributed by atoms with E-state index in [0.717, 1.165) is 16.7 Å². The summed E-state index contributed by atoms with van der Waals surface area (Å²) < 4.78 is 0. The van der Waals surface area contributed by atoms with E-state index in [9.17, 15) is 9.59 Å². The fraction of sp³-hybridized carbons (Fsp3) is 0.300. The van der Waals surface area contributed by atoms with Crippen molar-refractivity contribution in [3.05, 3.63) is 71.3 Å². The minimum absolute atomic E-state index is 0.0769. The van der Waals surface area contributed by atoms with Crippen LogP contribution in [0.4, 0.5) is 4.79 Å². The lowest BCUT2D eigenvalue weighted by molar-refractivity contribution is -0.128. The summed E-state index contributed by atoms with van der Waals surface area (Å²) in [6, 6.07) is 17.5. The monoisotopic (exact) mass is 337 g/mol. The second-order valence-electron chi connectivity index (χ2n) is 6.41. The second-order valence-corrected chi connectivity index (χ2v) is 6.41. The molecule has 2 aromatic carbocycles. The van der Waals surface area contributed by atoms with Gasteiger partial charge in [-0.15, -0.1) is 0 Å². The summed E-state index contributed by atoms with van der Waals surface area (Å²) in [7, 11) is 0. The van der Waals surface area contributed by atoms with Gasteiger partial charge in [-0.2, -0.15) is 0 Å². The van der Waals surface area contributed by atoms with E-state index in [-0.39, 0.29) is 18.0 Å². The second kappa shape index (κ2) is 7.83. The molecule has 1 saturated heterocycles. The van der Waals surface area contributed by atoms with Crippen molar-refractivity contribution in [3.8, 4) is 0 Å². The van der Waals surface area contributed by atoms with Crippen LogP contribution in [0.3, 0.4) is 0 Å². The molecule has 0 bridgehead atoms. The third-order valence-electron chi connectivity index (χ3n) is 4.47. The van der Waals surface area contributed by atoms with Crippen LogP contribution in [0, 0.1) is 6.92 Å². The van der Waals surface area contributed by atoms with Gasteiger partial charge in [0.05, 0.1) is 6.04 Å². The molecule has 5 heteroatoms. The predicted octanol–water partition coefficient (Wildman–Crippen LogP) is 2.60. The molecular formula is C20H23N3O2. The van der Waals surface area contributed by atoms with Gasteiger partial charge in [-0.3, -0.25) is 4.79 Å². The largest absolute Gasteiger partial charge is 0.336 e. The number of likely N-dealkylation sites (tertiary alicyclic amines) is 1. The van der Waals surface area contributed by atoms with E-state index >= 15 is 0 Å². The first-order valence-corrected chi connectivity index (χ1v) is 8.52. The number of aryl methyl sites for hydroxylation is 1. The number of carbonyl (C=O) groups excluding carboxylic acids is 2. The summed E-state index contributed by atoms with van der Waals surface area (Å²) in [5.41, 5.74) is 3.33. The van der Waals surface area contributed by atoms with Crippen molar-refractivity contribution in [2.24, 2.45) is 0 Å². The van der Waals surface area contributed by atoms with Gasteiger partial charge in [-0.25, -0.2) is 4.79 Å². The van der Waals surface area contributed by atoms with Gasteiger partial charge in [-0.1, -0.05) is 54.6 Å². The SMILES string of the molecule is Cc1ccccc1CNC(=O)NC1CC(=O)N(Cc2ccccc2)C1. The van der Waals surface area contributed by atoms with E-state index in [4.69, 9.17) is 0 Å². The van der Waals surface area contributed by atoms with Crippen LogP contribution in [0.15, 0.2) is 54.6 Å². The first-order valence-electron chi connectivity index (χ1n) is 8.52. The molecule has 2 N–H and O–H groups in total. The van der Waals surface area contributed by atoms with Crippen LogP contribution in [0.2, 0.25) is 0 Å². The van der Waals surface area contributed by atoms with Crippen molar-refractivity contribution in [2.75, 3.05) is 6.54 Å². The summed E-state index contributed by atoms with van der Waals surface area (Å²) in [5, 5.41) is 5.77. The van der Waals surface area contributed by atoms with Crippen molar-refractivity contribution >= 4 is 11.9 Å². The molecule has 0 aliphatic carbocycles. The summed E-state index contributed by atoms with van der Waals surface area (Å²) in [5.74, 6) is 0.0769. The maximum atomic E-state index is 12.1. The molecule has 3 rings (SSSR count). The van der Waals surface area contributed by atoms with Gasteiger partial charge in [0.25, 0.3) is 0 Å². The molecule has 130 valence electrons. The maximum absolute atomic E-state index is 12.1. The van der Waals surface area contributed by atoms with E-state index < -0.39 is 0 Å². The van der Waals surface area contributed by atoms with E-state index in [1.807, 2.05) is 61.5 Å². The van der Waals surface area contributed by atoms with E-state index in [0.29, 0.717) is 26.1 Å². The van der Waals surface area contributed by atoms with Crippen LogP contribution >= 0.6 is 0 Å². The highest BCUT2D eigenvalue weighted by molar-refractivity contribution is 5.81. The predicted molar refractivity (Wildman–Crippen MR) is 96.8 cm³/mol. The molecule has 5 nitrogen and oxygen atoms in total. The fourth-order valence-corrected chi connectivity index (χ4v) is 3.05. The van der Waals surface area contributed by atoms with Gasteiger partial charge >= 0.3 is 6.03 Å². The van der Waals surface area contributed by atoms with Gasteiger partial charge in [0, 0.05) is 26.1 Å². The van der Waals surface area contributed by atoms with Crippen molar-refractivity contribution < 1.29 is 9.59 Å². The number of carbonyl (C=O) groups is 2. The highest BCUT2D eigenvalue weighted by Gasteiger charge is 2.30. The average molecular weight is 337 g/mol. The summed E-state index contributed by atoms with van der Waals surface area (Å²) in [4.78, 5) is 26.0. The Kier molecular flexibility index (Phi) is 5.33. The molecule has 0 radical (unpaired) electrons. The Labute approximate surface area is 148 Å². The Morgan fingerprint density at radius 2 is 1.84 bits per heavy atom. The zero-order valence-corrected chi connectivity index (χ0v) is 14.4. The van der Waals surface area contributed by atoms with E-state index in [2.05, 4.69) is 10.6 Å².